The molecule has 0 fully saturated rings. The topological polar surface area (TPSA) is 33.4 Å². The number of aryl methyl sites for hydroxylation is 1. The van der Waals surface area contributed by atoms with E-state index in [1.807, 2.05) is 24.3 Å². The molecule has 0 saturated heterocycles. The van der Waals surface area contributed by atoms with Crippen molar-refractivity contribution in [2.75, 3.05) is 0 Å². The van der Waals surface area contributed by atoms with Gasteiger partial charge in [-0.2, -0.15) is 0 Å². The van der Waals surface area contributed by atoms with Crippen molar-refractivity contribution in [2.24, 2.45) is 0 Å². The summed E-state index contributed by atoms with van der Waals surface area (Å²) in [5, 5.41) is 11.0. The van der Waals surface area contributed by atoms with Crippen LogP contribution in [0.3, 0.4) is 0 Å². The van der Waals surface area contributed by atoms with Crippen LogP contribution in [0.15, 0.2) is 53.1 Å². The molecule has 2 nitrogen and oxygen atoms in total. The summed E-state index contributed by atoms with van der Waals surface area (Å²) in [6, 6.07) is 13.9. The second kappa shape index (κ2) is 4.81. The maximum Gasteiger partial charge on any atom is 0.138 e. The highest BCUT2D eigenvalue weighted by Crippen LogP contribution is 2.34. The predicted molar refractivity (Wildman–Crippen MR) is 77.3 cm³/mol. The van der Waals surface area contributed by atoms with Crippen LogP contribution in [0.2, 0.25) is 0 Å². The fraction of sp³-hybridized carbons (Fsp3) is 0.176. The largest absolute Gasteiger partial charge is 0.508 e. The fourth-order valence-corrected chi connectivity index (χ4v) is 2.42. The van der Waals surface area contributed by atoms with Crippen molar-refractivity contribution >= 4 is 11.0 Å². The summed E-state index contributed by atoms with van der Waals surface area (Å²) in [5.41, 5.74) is 3.92. The molecule has 0 aliphatic heterocycles. The first-order chi connectivity index (χ1) is 9.29. The monoisotopic (exact) mass is 252 g/mol. The number of phenolic OH excluding ortho intramolecular Hbond substituents is 1. The molecular weight excluding hydrogens is 236 g/mol. The Morgan fingerprint density at radius 3 is 2.63 bits per heavy atom. The number of hydrogen-bond donors (Lipinski definition) is 1. The molecule has 1 heterocycles. The predicted octanol–water partition coefficient (Wildman–Crippen LogP) is 4.76. The lowest BCUT2D eigenvalue weighted by atomic mass is 10.0. The smallest absolute Gasteiger partial charge is 0.138 e. The zero-order valence-electron chi connectivity index (χ0n) is 10.9. The van der Waals surface area contributed by atoms with E-state index < -0.39 is 0 Å². The Morgan fingerprint density at radius 1 is 1.11 bits per heavy atom. The van der Waals surface area contributed by atoms with E-state index in [-0.39, 0.29) is 0 Å². The van der Waals surface area contributed by atoms with Gasteiger partial charge in [-0.25, -0.2) is 0 Å². The molecule has 0 spiro atoms. The molecular formula is C17H16O2. The van der Waals surface area contributed by atoms with E-state index in [0.29, 0.717) is 5.75 Å². The molecule has 19 heavy (non-hydrogen) atoms. The summed E-state index contributed by atoms with van der Waals surface area (Å²) in [5.74, 6) is 0.323. The first kappa shape index (κ1) is 11.8. The molecule has 3 rings (SSSR count). The van der Waals surface area contributed by atoms with Crippen LogP contribution in [0.25, 0.3) is 22.1 Å². The lowest BCUT2D eigenvalue weighted by Crippen LogP contribution is -1.84. The number of benzene rings is 2. The van der Waals surface area contributed by atoms with E-state index in [1.165, 1.54) is 0 Å². The van der Waals surface area contributed by atoms with Crippen molar-refractivity contribution in [3.63, 3.8) is 0 Å². The molecule has 0 aliphatic carbocycles. The van der Waals surface area contributed by atoms with Gasteiger partial charge in [0.15, 0.2) is 0 Å². The Hall–Kier alpha value is -2.22. The van der Waals surface area contributed by atoms with Crippen molar-refractivity contribution in [1.29, 1.82) is 0 Å². The van der Waals surface area contributed by atoms with Crippen LogP contribution < -0.4 is 0 Å². The van der Waals surface area contributed by atoms with Crippen LogP contribution in [-0.4, -0.2) is 5.11 Å². The Bertz CT molecular complexity index is 696. The average Bonchev–Trinajstić information content (AvgIpc) is 2.83. The molecule has 1 N–H and O–H groups in total. The maximum atomic E-state index is 9.96. The second-order valence-corrected chi connectivity index (χ2v) is 4.74. The van der Waals surface area contributed by atoms with E-state index >= 15 is 0 Å². The molecule has 0 radical (unpaired) electrons. The van der Waals surface area contributed by atoms with Crippen LogP contribution in [0.5, 0.6) is 5.75 Å². The minimum absolute atomic E-state index is 0.323. The van der Waals surface area contributed by atoms with E-state index in [4.69, 9.17) is 4.42 Å². The van der Waals surface area contributed by atoms with Crippen molar-refractivity contribution in [2.45, 2.75) is 19.8 Å². The molecule has 3 aromatic rings. The SMILES string of the molecule is CCCc1cc2c(-c3ccccc3)coc2cc1O. The number of furan rings is 1. The number of aromatic hydroxyl groups is 1. The fourth-order valence-electron chi connectivity index (χ4n) is 2.42. The third-order valence-corrected chi connectivity index (χ3v) is 3.38. The van der Waals surface area contributed by atoms with Gasteiger partial charge >= 0.3 is 0 Å². The molecule has 0 saturated carbocycles. The minimum Gasteiger partial charge on any atom is -0.508 e. The molecule has 96 valence electrons. The van der Waals surface area contributed by atoms with Crippen molar-refractivity contribution in [1.82, 2.24) is 0 Å². The summed E-state index contributed by atoms with van der Waals surface area (Å²) >= 11 is 0. The number of phenols is 1. The average molecular weight is 252 g/mol. The van der Waals surface area contributed by atoms with Gasteiger partial charge in [-0.1, -0.05) is 43.7 Å². The van der Waals surface area contributed by atoms with Crippen molar-refractivity contribution in [3.8, 4) is 16.9 Å². The van der Waals surface area contributed by atoms with Gasteiger partial charge in [0.05, 0.1) is 6.26 Å². The molecule has 0 bridgehead atoms. The summed E-state index contributed by atoms with van der Waals surface area (Å²) < 4.78 is 5.56. The third kappa shape index (κ3) is 2.10. The summed E-state index contributed by atoms with van der Waals surface area (Å²) in [4.78, 5) is 0. The Labute approximate surface area is 112 Å². The van der Waals surface area contributed by atoms with Crippen molar-refractivity contribution < 1.29 is 9.52 Å². The van der Waals surface area contributed by atoms with Gasteiger partial charge in [0.1, 0.15) is 11.3 Å². The molecule has 2 aromatic carbocycles. The van der Waals surface area contributed by atoms with Gasteiger partial charge in [-0.05, 0) is 23.6 Å². The van der Waals surface area contributed by atoms with Gasteiger partial charge in [0.2, 0.25) is 0 Å². The number of hydrogen-bond acceptors (Lipinski definition) is 2. The molecule has 0 unspecified atom stereocenters. The summed E-state index contributed by atoms with van der Waals surface area (Å²) in [6.45, 7) is 2.11. The molecule has 0 aliphatic rings. The standard InChI is InChI=1S/C17H16O2/c1-2-6-13-9-14-15(12-7-4-3-5-8-12)11-19-17(14)10-16(13)18/h3-5,7-11,18H,2,6H2,1H3. The van der Waals surface area contributed by atoms with Gasteiger partial charge in [0.25, 0.3) is 0 Å². The Morgan fingerprint density at radius 2 is 1.89 bits per heavy atom. The van der Waals surface area contributed by atoms with E-state index in [0.717, 1.165) is 40.5 Å². The first-order valence-electron chi connectivity index (χ1n) is 6.58. The van der Waals surface area contributed by atoms with Gasteiger partial charge in [-0.15, -0.1) is 0 Å². The zero-order valence-corrected chi connectivity index (χ0v) is 10.9. The highest BCUT2D eigenvalue weighted by Gasteiger charge is 2.11. The number of fused-ring (bicyclic) bond motifs is 1. The third-order valence-electron chi connectivity index (χ3n) is 3.38. The van der Waals surface area contributed by atoms with Gasteiger partial charge < -0.3 is 9.52 Å². The van der Waals surface area contributed by atoms with Crippen LogP contribution in [0.1, 0.15) is 18.9 Å². The molecule has 1 aromatic heterocycles. The van der Waals surface area contributed by atoms with Crippen LogP contribution >= 0.6 is 0 Å². The van der Waals surface area contributed by atoms with Gasteiger partial charge in [-0.3, -0.25) is 0 Å². The van der Waals surface area contributed by atoms with E-state index in [1.54, 1.807) is 12.3 Å². The Kier molecular flexibility index (Phi) is 3.00. The van der Waals surface area contributed by atoms with E-state index in [9.17, 15) is 5.11 Å². The summed E-state index contributed by atoms with van der Waals surface area (Å²) in [6.07, 6.45) is 3.65. The molecule has 0 amide bonds. The van der Waals surface area contributed by atoms with Crippen LogP contribution in [0.4, 0.5) is 0 Å². The number of rotatable bonds is 3. The van der Waals surface area contributed by atoms with E-state index in [2.05, 4.69) is 19.1 Å². The maximum absolute atomic E-state index is 9.96. The lowest BCUT2D eigenvalue weighted by molar-refractivity contribution is 0.467. The highest BCUT2D eigenvalue weighted by atomic mass is 16.3. The van der Waals surface area contributed by atoms with Gasteiger partial charge in [0, 0.05) is 17.0 Å². The zero-order chi connectivity index (χ0) is 13.2. The lowest BCUT2D eigenvalue weighted by Gasteiger charge is -2.04. The minimum atomic E-state index is 0.323. The molecule has 2 heteroatoms. The van der Waals surface area contributed by atoms with Crippen LogP contribution in [0, 0.1) is 0 Å². The normalized spacial score (nSPS) is 11.0. The second-order valence-electron chi connectivity index (χ2n) is 4.74. The first-order valence-corrected chi connectivity index (χ1v) is 6.58. The quantitative estimate of drug-likeness (QED) is 0.729. The Balaban J connectivity index is 2.19. The molecule has 0 atom stereocenters. The van der Waals surface area contributed by atoms with Crippen molar-refractivity contribution in [3.05, 3.63) is 54.3 Å². The summed E-state index contributed by atoms with van der Waals surface area (Å²) in [7, 11) is 0. The van der Waals surface area contributed by atoms with Crippen LogP contribution in [-0.2, 0) is 6.42 Å². The highest BCUT2D eigenvalue weighted by molar-refractivity contribution is 5.95.